The van der Waals surface area contributed by atoms with Gasteiger partial charge in [0.05, 0.1) is 30.7 Å². The number of fused-ring (bicyclic) bond motifs is 1. The molecule has 0 aliphatic carbocycles. The molecule has 0 spiro atoms. The van der Waals surface area contributed by atoms with Crippen LogP contribution in [-0.2, 0) is 22.6 Å². The van der Waals surface area contributed by atoms with Gasteiger partial charge in [-0.05, 0) is 14.0 Å². The molecule has 0 saturated carbocycles. The highest BCUT2D eigenvalue weighted by atomic mass is 16.5. The Morgan fingerprint density at radius 1 is 1.12 bits per heavy atom. The van der Waals surface area contributed by atoms with Gasteiger partial charge < -0.3 is 18.9 Å². The second-order valence-corrected chi connectivity index (χ2v) is 5.87. The van der Waals surface area contributed by atoms with E-state index in [0.29, 0.717) is 49.4 Å². The van der Waals surface area contributed by atoms with Crippen molar-refractivity contribution in [3.8, 4) is 0 Å². The van der Waals surface area contributed by atoms with Gasteiger partial charge in [0.25, 0.3) is 11.1 Å². The summed E-state index contributed by atoms with van der Waals surface area (Å²) in [4.78, 5) is 27.0. The van der Waals surface area contributed by atoms with Gasteiger partial charge in [-0.1, -0.05) is 0 Å². The fourth-order valence-corrected chi connectivity index (χ4v) is 2.71. The maximum Gasteiger partial charge on any atom is 0.276 e. The molecule has 0 aliphatic heterocycles. The Hall–Kier alpha value is -1.90. The van der Waals surface area contributed by atoms with E-state index < -0.39 is 0 Å². The Balaban J connectivity index is 2.28. The number of hydrogen-bond acceptors (Lipinski definition) is 5. The van der Waals surface area contributed by atoms with Gasteiger partial charge in [-0.3, -0.25) is 19.4 Å². The van der Waals surface area contributed by atoms with E-state index in [-0.39, 0.29) is 11.1 Å². The van der Waals surface area contributed by atoms with Crippen molar-refractivity contribution >= 4 is 10.9 Å². The minimum Gasteiger partial charge on any atom is -0.383 e. The first-order valence-corrected chi connectivity index (χ1v) is 7.99. The number of aromatic amines is 1. The molecule has 0 radical (unpaired) electrons. The fourth-order valence-electron chi connectivity index (χ4n) is 2.71. The van der Waals surface area contributed by atoms with E-state index >= 15 is 0 Å². The zero-order chi connectivity index (χ0) is 17.7. The Kier molecular flexibility index (Phi) is 6.36. The third-order valence-corrected chi connectivity index (χ3v) is 4.19. The first kappa shape index (κ1) is 18.4. The molecular weight excluding hydrogens is 312 g/mol. The molecule has 8 nitrogen and oxygen atoms in total. The standard InChI is InChI=1S/C16H26N4O4/c1-12-15-13(11-14(21)19(12)8-10-24-4)17-20(16(15)22)6-5-18(2)7-9-23-3/h11,17H,5-10H2,1-4H3. The summed E-state index contributed by atoms with van der Waals surface area (Å²) in [5, 5.41) is 3.60. The summed E-state index contributed by atoms with van der Waals surface area (Å²) < 4.78 is 13.2. The normalized spacial score (nSPS) is 11.7. The highest BCUT2D eigenvalue weighted by Crippen LogP contribution is 2.10. The zero-order valence-electron chi connectivity index (χ0n) is 14.8. The van der Waals surface area contributed by atoms with Gasteiger partial charge in [0, 0.05) is 45.6 Å². The van der Waals surface area contributed by atoms with Gasteiger partial charge in [-0.25, -0.2) is 0 Å². The number of H-pyrrole nitrogens is 1. The van der Waals surface area contributed by atoms with Crippen LogP contribution in [0.5, 0.6) is 0 Å². The summed E-state index contributed by atoms with van der Waals surface area (Å²) >= 11 is 0. The van der Waals surface area contributed by atoms with Crippen LogP contribution in [0.25, 0.3) is 10.9 Å². The molecule has 0 saturated heterocycles. The number of aromatic nitrogens is 3. The number of hydrogen-bond donors (Lipinski definition) is 1. The molecule has 0 aliphatic rings. The summed E-state index contributed by atoms with van der Waals surface area (Å²) in [6.07, 6.45) is 0. The SMILES string of the molecule is COCCN(C)CCn1[nH]c2cc(=O)n(CCOC)c(C)c2c1=O. The van der Waals surface area contributed by atoms with Crippen LogP contribution in [0.3, 0.4) is 0 Å². The first-order chi connectivity index (χ1) is 11.5. The first-order valence-electron chi connectivity index (χ1n) is 7.99. The second-order valence-electron chi connectivity index (χ2n) is 5.87. The minimum atomic E-state index is -0.136. The average Bonchev–Trinajstić information content (AvgIpc) is 2.86. The Labute approximate surface area is 140 Å². The lowest BCUT2D eigenvalue weighted by atomic mass is 10.2. The van der Waals surface area contributed by atoms with Gasteiger partial charge >= 0.3 is 0 Å². The monoisotopic (exact) mass is 338 g/mol. The van der Waals surface area contributed by atoms with Crippen molar-refractivity contribution in [2.75, 3.05) is 47.6 Å². The number of methoxy groups -OCH3 is 2. The number of likely N-dealkylation sites (N-methyl/N-ethyl adjacent to an activating group) is 1. The van der Waals surface area contributed by atoms with Crippen molar-refractivity contribution < 1.29 is 9.47 Å². The lowest BCUT2D eigenvalue weighted by molar-refractivity contribution is 0.158. The maximum absolute atomic E-state index is 12.7. The van der Waals surface area contributed by atoms with Crippen LogP contribution in [-0.4, -0.2) is 66.8 Å². The van der Waals surface area contributed by atoms with E-state index in [1.807, 2.05) is 7.05 Å². The van der Waals surface area contributed by atoms with Gasteiger partial charge in [-0.2, -0.15) is 0 Å². The van der Waals surface area contributed by atoms with Crippen LogP contribution in [0.4, 0.5) is 0 Å². The number of nitrogens with one attached hydrogen (secondary N) is 1. The fraction of sp³-hybridized carbons (Fsp3) is 0.625. The lowest BCUT2D eigenvalue weighted by Crippen LogP contribution is -2.30. The summed E-state index contributed by atoms with van der Waals surface area (Å²) in [6, 6.07) is 1.48. The molecule has 0 bridgehead atoms. The van der Waals surface area contributed by atoms with E-state index in [9.17, 15) is 9.59 Å². The Morgan fingerprint density at radius 2 is 1.83 bits per heavy atom. The number of aryl methyl sites for hydroxylation is 1. The smallest absolute Gasteiger partial charge is 0.276 e. The highest BCUT2D eigenvalue weighted by molar-refractivity contribution is 5.79. The lowest BCUT2D eigenvalue weighted by Gasteiger charge is -2.15. The minimum absolute atomic E-state index is 0.103. The Morgan fingerprint density at radius 3 is 2.50 bits per heavy atom. The molecule has 24 heavy (non-hydrogen) atoms. The van der Waals surface area contributed by atoms with E-state index in [0.717, 1.165) is 6.54 Å². The average molecular weight is 338 g/mol. The molecule has 0 fully saturated rings. The topological polar surface area (TPSA) is 81.5 Å². The van der Waals surface area contributed by atoms with Gasteiger partial charge in [0.1, 0.15) is 0 Å². The van der Waals surface area contributed by atoms with Crippen LogP contribution in [0, 0.1) is 6.92 Å². The van der Waals surface area contributed by atoms with E-state index in [2.05, 4.69) is 10.00 Å². The van der Waals surface area contributed by atoms with E-state index in [4.69, 9.17) is 9.47 Å². The molecular formula is C16H26N4O4. The van der Waals surface area contributed by atoms with E-state index in [1.54, 1.807) is 30.4 Å². The van der Waals surface area contributed by atoms with Crippen molar-refractivity contribution in [1.82, 2.24) is 19.2 Å². The molecule has 1 N–H and O–H groups in total. The molecule has 134 valence electrons. The van der Waals surface area contributed by atoms with Crippen LogP contribution in [0.15, 0.2) is 15.7 Å². The third-order valence-electron chi connectivity index (χ3n) is 4.19. The molecule has 8 heteroatoms. The third kappa shape index (κ3) is 3.95. The van der Waals surface area contributed by atoms with Gasteiger partial charge in [0.2, 0.25) is 0 Å². The van der Waals surface area contributed by atoms with Gasteiger partial charge in [-0.15, -0.1) is 0 Å². The van der Waals surface area contributed by atoms with Crippen LogP contribution < -0.4 is 11.1 Å². The maximum atomic E-state index is 12.7. The molecule has 0 amide bonds. The van der Waals surface area contributed by atoms with E-state index in [1.165, 1.54) is 6.07 Å². The van der Waals surface area contributed by atoms with Crippen molar-refractivity contribution in [3.63, 3.8) is 0 Å². The van der Waals surface area contributed by atoms with Crippen molar-refractivity contribution in [1.29, 1.82) is 0 Å². The van der Waals surface area contributed by atoms with Crippen molar-refractivity contribution in [3.05, 3.63) is 32.5 Å². The number of rotatable bonds is 9. The summed E-state index contributed by atoms with van der Waals surface area (Å²) in [6.45, 7) is 5.34. The van der Waals surface area contributed by atoms with Gasteiger partial charge in [0.15, 0.2) is 0 Å². The molecule has 2 aromatic heterocycles. The quantitative estimate of drug-likeness (QED) is 0.697. The number of ether oxygens (including phenoxy) is 2. The summed E-state index contributed by atoms with van der Waals surface area (Å²) in [7, 11) is 5.23. The highest BCUT2D eigenvalue weighted by Gasteiger charge is 2.14. The summed E-state index contributed by atoms with van der Waals surface area (Å²) in [5.74, 6) is 0. The largest absolute Gasteiger partial charge is 0.383 e. The molecule has 2 aromatic rings. The summed E-state index contributed by atoms with van der Waals surface area (Å²) in [5.41, 5.74) is 1.01. The number of pyridine rings is 1. The Bertz CT molecular complexity index is 790. The van der Waals surface area contributed by atoms with Crippen LogP contribution >= 0.6 is 0 Å². The number of nitrogens with zero attached hydrogens (tertiary/aromatic N) is 3. The van der Waals surface area contributed by atoms with Crippen LogP contribution in [0.1, 0.15) is 5.69 Å². The molecule has 2 heterocycles. The molecule has 2 rings (SSSR count). The molecule has 0 atom stereocenters. The molecule has 0 aromatic carbocycles. The zero-order valence-corrected chi connectivity index (χ0v) is 14.8. The van der Waals surface area contributed by atoms with Crippen LogP contribution in [0.2, 0.25) is 0 Å². The van der Waals surface area contributed by atoms with Crippen molar-refractivity contribution in [2.45, 2.75) is 20.0 Å². The van der Waals surface area contributed by atoms with Crippen molar-refractivity contribution in [2.24, 2.45) is 0 Å². The predicted molar refractivity (Wildman–Crippen MR) is 92.8 cm³/mol. The molecule has 0 unspecified atom stereocenters. The second kappa shape index (κ2) is 8.27. The predicted octanol–water partition coefficient (Wildman–Crippen LogP) is 0.0243.